The minimum atomic E-state index is 0.603. The molecule has 0 heterocycles. The third-order valence-corrected chi connectivity index (χ3v) is 5.35. The second-order valence-electron chi connectivity index (χ2n) is 7.38. The van der Waals surface area contributed by atoms with Gasteiger partial charge in [-0.05, 0) is 55.9 Å². The van der Waals surface area contributed by atoms with Crippen molar-refractivity contribution in [1.82, 2.24) is 5.32 Å². The Labute approximate surface area is 143 Å². The lowest BCUT2D eigenvalue weighted by Gasteiger charge is -2.25. The molecule has 1 N–H and O–H groups in total. The number of nitrogens with one attached hydrogen (secondary N) is 1. The molecule has 0 spiro atoms. The van der Waals surface area contributed by atoms with Crippen LogP contribution in [0.3, 0.4) is 0 Å². The molecule has 0 unspecified atom stereocenters. The van der Waals surface area contributed by atoms with Crippen molar-refractivity contribution in [1.29, 1.82) is 0 Å². The molecule has 1 heteroatoms. The molecular weight excluding hydrogens is 278 g/mol. The first-order chi connectivity index (χ1) is 11.1. The van der Waals surface area contributed by atoms with Crippen molar-refractivity contribution < 1.29 is 0 Å². The van der Waals surface area contributed by atoms with Crippen LogP contribution in [-0.4, -0.2) is 6.54 Å². The van der Waals surface area contributed by atoms with Crippen molar-refractivity contribution in [3.05, 3.63) is 47.7 Å². The predicted molar refractivity (Wildman–Crippen MR) is 102 cm³/mol. The van der Waals surface area contributed by atoms with E-state index in [9.17, 15) is 0 Å². The summed E-state index contributed by atoms with van der Waals surface area (Å²) >= 11 is 0. The summed E-state index contributed by atoms with van der Waals surface area (Å²) in [6, 6.07) is 0. The van der Waals surface area contributed by atoms with E-state index < -0.39 is 0 Å². The quantitative estimate of drug-likeness (QED) is 0.425. The molecule has 1 nitrogen and oxygen atoms in total. The molecule has 0 radical (unpaired) electrons. The number of hydrogen-bond acceptors (Lipinski definition) is 1. The maximum absolute atomic E-state index is 4.30. The van der Waals surface area contributed by atoms with Crippen LogP contribution in [0.25, 0.3) is 0 Å². The van der Waals surface area contributed by atoms with E-state index in [4.69, 9.17) is 0 Å². The fourth-order valence-electron chi connectivity index (χ4n) is 3.11. The Morgan fingerprint density at radius 1 is 1.35 bits per heavy atom. The van der Waals surface area contributed by atoms with E-state index in [1.807, 2.05) is 0 Å². The van der Waals surface area contributed by atoms with Crippen LogP contribution in [0.5, 0.6) is 0 Å². The Kier molecular flexibility index (Phi) is 7.20. The van der Waals surface area contributed by atoms with E-state index in [1.54, 1.807) is 0 Å². The minimum Gasteiger partial charge on any atom is -0.388 e. The van der Waals surface area contributed by atoms with E-state index >= 15 is 0 Å². The van der Waals surface area contributed by atoms with Gasteiger partial charge in [0.05, 0.1) is 0 Å². The van der Waals surface area contributed by atoms with E-state index in [-0.39, 0.29) is 0 Å². The molecule has 1 saturated carbocycles. The average molecular weight is 314 g/mol. The zero-order valence-corrected chi connectivity index (χ0v) is 15.4. The van der Waals surface area contributed by atoms with Gasteiger partial charge in [-0.1, -0.05) is 63.6 Å². The maximum Gasteiger partial charge on any atom is 0.0184 e. The number of hydrogen-bond donors (Lipinski definition) is 1. The van der Waals surface area contributed by atoms with Crippen LogP contribution in [0.2, 0.25) is 0 Å². The lowest BCUT2D eigenvalue weighted by Crippen LogP contribution is -2.24. The summed E-state index contributed by atoms with van der Waals surface area (Å²) in [5, 5.41) is 3.60. The molecule has 0 bridgehead atoms. The molecule has 0 aliphatic heterocycles. The highest BCUT2D eigenvalue weighted by Crippen LogP contribution is 2.33. The topological polar surface area (TPSA) is 12.0 Å². The van der Waals surface area contributed by atoms with Gasteiger partial charge in [0.25, 0.3) is 0 Å². The Hall–Kier alpha value is -1.24. The Morgan fingerprint density at radius 3 is 2.65 bits per heavy atom. The minimum absolute atomic E-state index is 0.603. The highest BCUT2D eigenvalue weighted by Gasteiger charge is 2.19. The van der Waals surface area contributed by atoms with Crippen molar-refractivity contribution in [3.8, 4) is 0 Å². The van der Waals surface area contributed by atoms with E-state index in [2.05, 4.69) is 57.0 Å². The standard InChI is InChI=1S/C22H35N/c1-5-17(3)22(6-2)18(4)23-16-15-21(13-11-19-7-8-19)14-12-20-9-10-20/h7,11,13-14,17,20,22-23H,4-6,8-10,12,15-16H2,1-3H3/b13-11+,21-14+/t17-,22+/m1/s1. The largest absolute Gasteiger partial charge is 0.388 e. The van der Waals surface area contributed by atoms with E-state index in [0.717, 1.165) is 18.9 Å². The summed E-state index contributed by atoms with van der Waals surface area (Å²) in [5.74, 6) is 2.29. The molecule has 128 valence electrons. The highest BCUT2D eigenvalue weighted by molar-refractivity contribution is 5.37. The molecule has 1 fully saturated rings. The average Bonchev–Trinajstić information content (AvgIpc) is 3.44. The zero-order valence-electron chi connectivity index (χ0n) is 15.4. The fraction of sp³-hybridized carbons (Fsp3) is 0.636. The summed E-state index contributed by atoms with van der Waals surface area (Å²) < 4.78 is 0. The molecule has 0 aromatic carbocycles. The van der Waals surface area contributed by atoms with Crippen LogP contribution in [0.15, 0.2) is 47.7 Å². The third-order valence-electron chi connectivity index (χ3n) is 5.35. The van der Waals surface area contributed by atoms with Gasteiger partial charge in [-0.2, -0.15) is 0 Å². The molecule has 23 heavy (non-hydrogen) atoms. The Bertz CT molecular complexity index is 476. The van der Waals surface area contributed by atoms with Gasteiger partial charge < -0.3 is 5.32 Å². The van der Waals surface area contributed by atoms with Crippen LogP contribution < -0.4 is 5.32 Å². The normalized spacial score (nSPS) is 20.3. The monoisotopic (exact) mass is 313 g/mol. The summed E-state index contributed by atoms with van der Waals surface area (Å²) in [5.41, 5.74) is 4.21. The first-order valence-electron chi connectivity index (χ1n) is 9.62. The van der Waals surface area contributed by atoms with Crippen molar-refractivity contribution in [2.75, 3.05) is 6.54 Å². The van der Waals surface area contributed by atoms with E-state index in [0.29, 0.717) is 11.8 Å². The lowest BCUT2D eigenvalue weighted by molar-refractivity contribution is 0.371. The third kappa shape index (κ3) is 6.81. The Balaban J connectivity index is 1.78. The van der Waals surface area contributed by atoms with Crippen LogP contribution in [0.1, 0.15) is 65.7 Å². The van der Waals surface area contributed by atoms with Crippen molar-refractivity contribution in [2.45, 2.75) is 65.7 Å². The second kappa shape index (κ2) is 9.15. The first kappa shape index (κ1) is 18.1. The van der Waals surface area contributed by atoms with Gasteiger partial charge in [0, 0.05) is 18.2 Å². The van der Waals surface area contributed by atoms with Gasteiger partial charge in [-0.15, -0.1) is 0 Å². The molecule has 2 rings (SSSR count). The lowest BCUT2D eigenvalue weighted by atomic mass is 9.87. The molecule has 2 aliphatic rings. The van der Waals surface area contributed by atoms with Crippen LogP contribution in [0, 0.1) is 17.8 Å². The highest BCUT2D eigenvalue weighted by atomic mass is 14.9. The van der Waals surface area contributed by atoms with Gasteiger partial charge in [0.1, 0.15) is 0 Å². The fourth-order valence-corrected chi connectivity index (χ4v) is 3.11. The van der Waals surface area contributed by atoms with Crippen LogP contribution in [-0.2, 0) is 0 Å². The summed E-state index contributed by atoms with van der Waals surface area (Å²) in [7, 11) is 0. The molecular formula is C22H35N. The molecule has 0 saturated heterocycles. The zero-order chi connectivity index (χ0) is 16.7. The molecule has 2 aliphatic carbocycles. The van der Waals surface area contributed by atoms with Crippen molar-refractivity contribution >= 4 is 0 Å². The van der Waals surface area contributed by atoms with Crippen LogP contribution in [0.4, 0.5) is 0 Å². The number of allylic oxidation sites excluding steroid dienone is 6. The molecule has 0 amide bonds. The SMILES string of the molecule is C=C(NCCC(=C/CC1CC1)/C=C/C1=CC1)[C@@H](CC)[C@H](C)CC. The smallest absolute Gasteiger partial charge is 0.0184 e. The first-order valence-corrected chi connectivity index (χ1v) is 9.62. The predicted octanol–water partition coefficient (Wildman–Crippen LogP) is 6.16. The van der Waals surface area contributed by atoms with Gasteiger partial charge in [-0.25, -0.2) is 0 Å². The molecule has 0 aromatic heterocycles. The molecule has 2 atom stereocenters. The summed E-state index contributed by atoms with van der Waals surface area (Å²) in [6.07, 6.45) is 18.2. The van der Waals surface area contributed by atoms with Crippen LogP contribution >= 0.6 is 0 Å². The molecule has 0 aromatic rings. The summed E-state index contributed by atoms with van der Waals surface area (Å²) in [4.78, 5) is 0. The van der Waals surface area contributed by atoms with Gasteiger partial charge in [0.2, 0.25) is 0 Å². The van der Waals surface area contributed by atoms with Gasteiger partial charge in [-0.3, -0.25) is 0 Å². The van der Waals surface area contributed by atoms with Crippen molar-refractivity contribution in [3.63, 3.8) is 0 Å². The summed E-state index contributed by atoms with van der Waals surface area (Å²) in [6.45, 7) is 12.2. The van der Waals surface area contributed by atoms with Gasteiger partial charge in [0.15, 0.2) is 0 Å². The maximum atomic E-state index is 4.30. The van der Waals surface area contributed by atoms with Crippen molar-refractivity contribution in [2.24, 2.45) is 17.8 Å². The Morgan fingerprint density at radius 2 is 2.09 bits per heavy atom. The second-order valence-corrected chi connectivity index (χ2v) is 7.38. The van der Waals surface area contributed by atoms with Gasteiger partial charge >= 0.3 is 0 Å². The van der Waals surface area contributed by atoms with E-state index in [1.165, 1.54) is 55.4 Å². The number of rotatable bonds is 12.